The SMILES string of the molecule is CCN(CC)c1ccc(N2CC=C[C@]34O[C@@]5(CC)/C=C\CCCOC(=O)[C@H]5[C@H]3C(=O)N([C@@H](CO)C(C)C)C4C2=O)cc1. The summed E-state index contributed by atoms with van der Waals surface area (Å²) in [5.74, 6) is -3.13. The molecule has 9 heteroatoms. The van der Waals surface area contributed by atoms with E-state index >= 15 is 0 Å². The van der Waals surface area contributed by atoms with Gasteiger partial charge < -0.3 is 29.3 Å². The van der Waals surface area contributed by atoms with Crippen molar-refractivity contribution in [1.29, 1.82) is 0 Å². The fourth-order valence-electron chi connectivity index (χ4n) is 7.46. The molecule has 9 nitrogen and oxygen atoms in total. The minimum absolute atomic E-state index is 0.139. The van der Waals surface area contributed by atoms with E-state index in [9.17, 15) is 19.5 Å². The van der Waals surface area contributed by atoms with Gasteiger partial charge in [0.05, 0.1) is 25.2 Å². The molecule has 1 N–H and O–H groups in total. The second kappa shape index (κ2) is 11.8. The van der Waals surface area contributed by atoms with Crippen LogP contribution >= 0.6 is 0 Å². The fraction of sp³-hybridized carbons (Fsp3) is 0.606. The lowest BCUT2D eigenvalue weighted by molar-refractivity contribution is -0.161. The molecule has 228 valence electrons. The van der Waals surface area contributed by atoms with Gasteiger partial charge in [0.15, 0.2) is 0 Å². The summed E-state index contributed by atoms with van der Waals surface area (Å²) in [6.45, 7) is 12.0. The quantitative estimate of drug-likeness (QED) is 0.370. The molecule has 1 unspecified atom stereocenters. The Hall–Kier alpha value is -3.17. The van der Waals surface area contributed by atoms with Crippen LogP contribution in [0.25, 0.3) is 0 Å². The lowest BCUT2D eigenvalue weighted by atomic mass is 9.73. The first-order valence-corrected chi connectivity index (χ1v) is 15.5. The first-order chi connectivity index (χ1) is 20.2. The zero-order valence-corrected chi connectivity index (χ0v) is 25.5. The summed E-state index contributed by atoms with van der Waals surface area (Å²) in [4.78, 5) is 48.5. The maximum atomic E-state index is 14.8. The highest BCUT2D eigenvalue weighted by molar-refractivity contribution is 6.06. The second-order valence-electron chi connectivity index (χ2n) is 12.1. The molecule has 1 spiro atoms. The number of rotatable bonds is 8. The van der Waals surface area contributed by atoms with Crippen LogP contribution in [0.3, 0.4) is 0 Å². The van der Waals surface area contributed by atoms with Gasteiger partial charge in [0.2, 0.25) is 5.91 Å². The third-order valence-corrected chi connectivity index (χ3v) is 9.67. The molecule has 4 heterocycles. The summed E-state index contributed by atoms with van der Waals surface area (Å²) in [5, 5.41) is 10.5. The third kappa shape index (κ3) is 4.65. The highest BCUT2D eigenvalue weighted by atomic mass is 16.6. The minimum atomic E-state index is -1.39. The van der Waals surface area contributed by atoms with Crippen molar-refractivity contribution >= 4 is 29.2 Å². The molecule has 4 aliphatic rings. The van der Waals surface area contributed by atoms with Gasteiger partial charge in [-0.15, -0.1) is 0 Å². The molecule has 1 aromatic rings. The number of benzene rings is 1. The fourth-order valence-corrected chi connectivity index (χ4v) is 7.46. The number of allylic oxidation sites excluding steroid dienone is 1. The normalized spacial score (nSPS) is 32.4. The van der Waals surface area contributed by atoms with Crippen LogP contribution in [0.2, 0.25) is 0 Å². The van der Waals surface area contributed by atoms with Crippen LogP contribution < -0.4 is 9.80 Å². The van der Waals surface area contributed by atoms with Gasteiger partial charge in [0.1, 0.15) is 23.2 Å². The predicted molar refractivity (Wildman–Crippen MR) is 161 cm³/mol. The Morgan fingerprint density at radius 2 is 1.71 bits per heavy atom. The van der Waals surface area contributed by atoms with Crippen molar-refractivity contribution in [1.82, 2.24) is 4.90 Å². The van der Waals surface area contributed by atoms with E-state index in [0.29, 0.717) is 18.5 Å². The Labute approximate surface area is 249 Å². The molecule has 0 aromatic heterocycles. The number of fused-ring (bicyclic) bond motifs is 2. The highest BCUT2D eigenvalue weighted by Gasteiger charge is 2.76. The number of hydrogen-bond donors (Lipinski definition) is 1. The summed E-state index contributed by atoms with van der Waals surface area (Å²) >= 11 is 0. The van der Waals surface area contributed by atoms with Crippen molar-refractivity contribution < 1.29 is 29.0 Å². The molecule has 1 aromatic carbocycles. The van der Waals surface area contributed by atoms with Crippen molar-refractivity contribution in [2.45, 2.75) is 77.2 Å². The lowest BCUT2D eigenvalue weighted by Gasteiger charge is -2.41. The summed E-state index contributed by atoms with van der Waals surface area (Å²) in [6, 6.07) is 6.19. The number of carbonyl (C=O) groups is 3. The number of aliphatic hydroxyl groups excluding tert-OH is 1. The Balaban J connectivity index is 1.64. The van der Waals surface area contributed by atoms with Crippen LogP contribution in [0.15, 0.2) is 48.6 Å². The van der Waals surface area contributed by atoms with Gasteiger partial charge in [-0.05, 0) is 63.3 Å². The Kier molecular flexibility index (Phi) is 8.54. The summed E-state index contributed by atoms with van der Waals surface area (Å²) in [6.07, 6.45) is 9.50. The van der Waals surface area contributed by atoms with Gasteiger partial charge in [0, 0.05) is 31.0 Å². The summed E-state index contributed by atoms with van der Waals surface area (Å²) < 4.78 is 12.7. The van der Waals surface area contributed by atoms with E-state index in [2.05, 4.69) is 18.7 Å². The smallest absolute Gasteiger partial charge is 0.313 e. The largest absolute Gasteiger partial charge is 0.465 e. The number of amides is 2. The summed E-state index contributed by atoms with van der Waals surface area (Å²) in [7, 11) is 0. The van der Waals surface area contributed by atoms with Crippen LogP contribution in [-0.4, -0.2) is 83.9 Å². The Morgan fingerprint density at radius 3 is 2.33 bits per heavy atom. The van der Waals surface area contributed by atoms with E-state index in [1.807, 2.05) is 69.3 Å². The zero-order valence-electron chi connectivity index (χ0n) is 25.5. The molecule has 2 amide bonds. The van der Waals surface area contributed by atoms with E-state index in [1.165, 1.54) is 4.90 Å². The van der Waals surface area contributed by atoms with Crippen LogP contribution in [-0.2, 0) is 23.9 Å². The van der Waals surface area contributed by atoms with Crippen LogP contribution in [0.4, 0.5) is 11.4 Å². The number of aliphatic hydroxyl groups is 1. The first kappa shape index (κ1) is 30.3. The number of ether oxygens (including phenoxy) is 2. The van der Waals surface area contributed by atoms with E-state index < -0.39 is 41.1 Å². The van der Waals surface area contributed by atoms with Gasteiger partial charge in [-0.1, -0.05) is 45.1 Å². The molecule has 42 heavy (non-hydrogen) atoms. The van der Waals surface area contributed by atoms with Crippen LogP contribution in [0.1, 0.15) is 53.9 Å². The second-order valence-corrected chi connectivity index (χ2v) is 12.1. The first-order valence-electron chi connectivity index (χ1n) is 15.5. The van der Waals surface area contributed by atoms with Gasteiger partial charge >= 0.3 is 5.97 Å². The van der Waals surface area contributed by atoms with Crippen molar-refractivity contribution in [3.8, 4) is 0 Å². The maximum absolute atomic E-state index is 14.8. The van der Waals surface area contributed by atoms with Crippen molar-refractivity contribution in [2.24, 2.45) is 17.8 Å². The molecular formula is C33H45N3O6. The van der Waals surface area contributed by atoms with Gasteiger partial charge in [-0.25, -0.2) is 0 Å². The predicted octanol–water partition coefficient (Wildman–Crippen LogP) is 3.71. The molecule has 0 radical (unpaired) electrons. The maximum Gasteiger partial charge on any atom is 0.313 e. The average molecular weight is 580 g/mol. The van der Waals surface area contributed by atoms with E-state index in [4.69, 9.17) is 9.47 Å². The van der Waals surface area contributed by atoms with Gasteiger partial charge in [0.25, 0.3) is 5.91 Å². The molecule has 0 aliphatic carbocycles. The zero-order chi connectivity index (χ0) is 30.2. The standard InChI is InChI=1S/C33H45N3O6/c1-6-32-17-10-9-11-20-41-31(40)27(32)26-29(38)36(25(21-37)22(4)5)28-30(39)35(19-12-18-33(26,28)42-32)24-15-13-23(14-16-24)34(7-2)8-3/h10,12-18,22,25-28,37H,6-9,11,19-21H2,1-5H3/b17-10-/t25-,26-,27+,28?,32-,33-/m0/s1. The summed E-state index contributed by atoms with van der Waals surface area (Å²) in [5.41, 5.74) is -0.708. The van der Waals surface area contributed by atoms with E-state index in [-0.39, 0.29) is 37.5 Å². The molecule has 6 atom stereocenters. The van der Waals surface area contributed by atoms with Gasteiger partial charge in [-0.2, -0.15) is 0 Å². The topological polar surface area (TPSA) is 99.6 Å². The number of carbonyl (C=O) groups excluding carboxylic acids is 3. The van der Waals surface area contributed by atoms with Crippen LogP contribution in [0, 0.1) is 17.8 Å². The number of likely N-dealkylation sites (tertiary alicyclic amines) is 1. The average Bonchev–Trinajstić information content (AvgIpc) is 3.36. The minimum Gasteiger partial charge on any atom is -0.465 e. The van der Waals surface area contributed by atoms with Crippen molar-refractivity contribution in [3.63, 3.8) is 0 Å². The molecule has 0 bridgehead atoms. The molecule has 0 saturated carbocycles. The lowest BCUT2D eigenvalue weighted by Crippen LogP contribution is -2.60. The number of nitrogens with zero attached hydrogens (tertiary/aromatic N) is 3. The molecular weight excluding hydrogens is 534 g/mol. The monoisotopic (exact) mass is 579 g/mol. The Bertz CT molecular complexity index is 1240. The van der Waals surface area contributed by atoms with Crippen LogP contribution in [0.5, 0.6) is 0 Å². The molecule has 2 fully saturated rings. The number of hydrogen-bond acceptors (Lipinski definition) is 7. The molecule has 4 aliphatic heterocycles. The third-order valence-electron chi connectivity index (χ3n) is 9.67. The number of anilines is 2. The number of cyclic esters (lactones) is 1. The van der Waals surface area contributed by atoms with E-state index in [1.54, 1.807) is 4.90 Å². The molecule has 5 rings (SSSR count). The Morgan fingerprint density at radius 1 is 1.00 bits per heavy atom. The van der Waals surface area contributed by atoms with Gasteiger partial charge in [-0.3, -0.25) is 14.4 Å². The van der Waals surface area contributed by atoms with Crippen molar-refractivity contribution in [3.05, 3.63) is 48.6 Å². The number of esters is 1. The van der Waals surface area contributed by atoms with Crippen molar-refractivity contribution in [2.75, 3.05) is 42.6 Å². The molecule has 2 saturated heterocycles. The highest BCUT2D eigenvalue weighted by Crippen LogP contribution is 2.59. The van der Waals surface area contributed by atoms with E-state index in [0.717, 1.165) is 25.2 Å².